The molecule has 4 rings (SSSR count). The number of aromatic hydroxyl groups is 1. The molecule has 2 aliphatic carbocycles. The van der Waals surface area contributed by atoms with Crippen LogP contribution in [-0.4, -0.2) is 62.6 Å². The van der Waals surface area contributed by atoms with E-state index in [0.29, 0.717) is 29.5 Å². The molecule has 1 aliphatic heterocycles. The summed E-state index contributed by atoms with van der Waals surface area (Å²) in [5.74, 6) is 1.48. The van der Waals surface area contributed by atoms with E-state index < -0.39 is 0 Å². The minimum absolute atomic E-state index is 0.00379. The molecule has 2 unspecified atom stereocenters. The lowest BCUT2D eigenvalue weighted by molar-refractivity contribution is -0.0696. The number of phenolic OH excluding ortho intramolecular Hbond substituents is 1. The first-order valence-corrected chi connectivity index (χ1v) is 10.4. The van der Waals surface area contributed by atoms with Gasteiger partial charge >= 0.3 is 0 Å². The number of likely N-dealkylation sites (tertiary alicyclic amines) is 1. The van der Waals surface area contributed by atoms with Crippen LogP contribution >= 0.6 is 0 Å². The summed E-state index contributed by atoms with van der Waals surface area (Å²) in [5.41, 5.74) is 2.46. The summed E-state index contributed by atoms with van der Waals surface area (Å²) in [6.07, 6.45) is 5.50. The summed E-state index contributed by atoms with van der Waals surface area (Å²) in [6, 6.07) is 4.94. The molecule has 0 amide bonds. The fraction of sp³-hybridized carbons (Fsp3) is 0.727. The molecule has 1 aromatic carbocycles. The molecule has 2 N–H and O–H groups in total. The van der Waals surface area contributed by atoms with Crippen LogP contribution in [-0.2, 0) is 16.6 Å². The van der Waals surface area contributed by atoms with Crippen LogP contribution < -0.4 is 10.1 Å². The second-order valence-corrected chi connectivity index (χ2v) is 8.69. The lowest BCUT2D eigenvalue weighted by atomic mass is 9.51. The molecular formula is C22H34N2O3. The number of methoxy groups -OCH3 is 2. The maximum absolute atomic E-state index is 11.1. The van der Waals surface area contributed by atoms with E-state index in [0.717, 1.165) is 50.8 Å². The highest BCUT2D eigenvalue weighted by atomic mass is 16.5. The second-order valence-electron chi connectivity index (χ2n) is 8.69. The number of benzene rings is 1. The standard InChI is InChI=1S/C22H34N2O3/c1-5-9-23-16-13-22-8-10-24(2)17(15(22)12-19(16)27-4)11-14-6-7-18(26-3)21(25)20(14)22/h6-7,15-17,19,23,25H,5,8-13H2,1-4H3/t15-,16?,17+,19?,22-/m0/s1. The highest BCUT2D eigenvalue weighted by molar-refractivity contribution is 5.56. The summed E-state index contributed by atoms with van der Waals surface area (Å²) in [4.78, 5) is 2.53. The number of rotatable bonds is 5. The Morgan fingerprint density at radius 1 is 1.33 bits per heavy atom. The van der Waals surface area contributed by atoms with Crippen molar-refractivity contribution in [1.29, 1.82) is 0 Å². The number of nitrogens with zero attached hydrogens (tertiary/aromatic N) is 1. The van der Waals surface area contributed by atoms with Gasteiger partial charge in [-0.15, -0.1) is 0 Å². The molecule has 5 heteroatoms. The number of hydrogen-bond acceptors (Lipinski definition) is 5. The molecule has 27 heavy (non-hydrogen) atoms. The second kappa shape index (κ2) is 7.26. The Kier molecular flexibility index (Phi) is 5.12. The predicted molar refractivity (Wildman–Crippen MR) is 107 cm³/mol. The zero-order chi connectivity index (χ0) is 19.2. The average Bonchev–Trinajstić information content (AvgIpc) is 2.68. The quantitative estimate of drug-likeness (QED) is 0.830. The van der Waals surface area contributed by atoms with Gasteiger partial charge in [-0.25, -0.2) is 0 Å². The van der Waals surface area contributed by atoms with Gasteiger partial charge in [0.2, 0.25) is 0 Å². The van der Waals surface area contributed by atoms with Gasteiger partial charge in [0.1, 0.15) is 0 Å². The van der Waals surface area contributed by atoms with E-state index in [1.54, 1.807) is 7.11 Å². The maximum Gasteiger partial charge on any atom is 0.161 e. The molecule has 1 heterocycles. The SMILES string of the molecule is CCCNC1C[C@]23CCN(C)[C@H](Cc4ccc(OC)c(O)c42)[C@@H]3CC1OC. The van der Waals surface area contributed by atoms with Crippen LogP contribution in [0.4, 0.5) is 0 Å². The number of likely N-dealkylation sites (N-methyl/N-ethyl adjacent to an activating group) is 1. The topological polar surface area (TPSA) is 54.0 Å². The average molecular weight is 375 g/mol. The van der Waals surface area contributed by atoms with Crippen LogP contribution in [0, 0.1) is 5.92 Å². The third kappa shape index (κ3) is 2.86. The molecular weight excluding hydrogens is 340 g/mol. The fourth-order valence-electron chi connectivity index (χ4n) is 6.21. The van der Waals surface area contributed by atoms with Crippen molar-refractivity contribution in [2.45, 2.75) is 62.6 Å². The first-order valence-electron chi connectivity index (χ1n) is 10.4. The highest BCUT2D eigenvalue weighted by Gasteiger charge is 2.58. The molecule has 2 fully saturated rings. The smallest absolute Gasteiger partial charge is 0.161 e. The van der Waals surface area contributed by atoms with Gasteiger partial charge in [0.15, 0.2) is 11.5 Å². The van der Waals surface area contributed by atoms with Crippen LogP contribution in [0.1, 0.15) is 43.7 Å². The summed E-state index contributed by atoms with van der Waals surface area (Å²) >= 11 is 0. The summed E-state index contributed by atoms with van der Waals surface area (Å²) in [7, 11) is 5.75. The van der Waals surface area contributed by atoms with Crippen molar-refractivity contribution in [1.82, 2.24) is 10.2 Å². The molecule has 0 spiro atoms. The van der Waals surface area contributed by atoms with E-state index in [2.05, 4.69) is 30.3 Å². The van der Waals surface area contributed by atoms with Crippen LogP contribution in [0.3, 0.4) is 0 Å². The lowest BCUT2D eigenvalue weighted by Gasteiger charge is -2.61. The largest absolute Gasteiger partial charge is 0.504 e. The fourth-order valence-corrected chi connectivity index (χ4v) is 6.21. The molecule has 0 radical (unpaired) electrons. The number of nitrogens with one attached hydrogen (secondary N) is 1. The van der Waals surface area contributed by atoms with Crippen molar-refractivity contribution < 1.29 is 14.6 Å². The Labute approximate surface area is 163 Å². The van der Waals surface area contributed by atoms with Crippen molar-refractivity contribution >= 4 is 0 Å². The Hall–Kier alpha value is -1.30. The Bertz CT molecular complexity index is 694. The van der Waals surface area contributed by atoms with E-state index in [1.807, 2.05) is 13.2 Å². The molecule has 2 bridgehead atoms. The van der Waals surface area contributed by atoms with Gasteiger partial charge in [-0.1, -0.05) is 13.0 Å². The Balaban J connectivity index is 1.82. The minimum atomic E-state index is 0.00379. The molecule has 5 nitrogen and oxygen atoms in total. The number of phenols is 1. The predicted octanol–water partition coefficient (Wildman–Crippen LogP) is 2.69. The van der Waals surface area contributed by atoms with Gasteiger partial charge in [0.05, 0.1) is 13.2 Å². The number of fused-ring (bicyclic) bond motifs is 1. The van der Waals surface area contributed by atoms with Crippen molar-refractivity contribution in [2.24, 2.45) is 5.92 Å². The summed E-state index contributed by atoms with van der Waals surface area (Å²) < 4.78 is 11.4. The Morgan fingerprint density at radius 3 is 2.85 bits per heavy atom. The number of ether oxygens (including phenoxy) is 2. The minimum Gasteiger partial charge on any atom is -0.504 e. The van der Waals surface area contributed by atoms with Gasteiger partial charge < -0.3 is 24.8 Å². The number of piperidine rings is 1. The van der Waals surface area contributed by atoms with Crippen molar-refractivity contribution in [2.75, 3.05) is 34.4 Å². The van der Waals surface area contributed by atoms with Crippen molar-refractivity contribution in [3.63, 3.8) is 0 Å². The van der Waals surface area contributed by atoms with E-state index in [4.69, 9.17) is 9.47 Å². The van der Waals surface area contributed by atoms with Crippen molar-refractivity contribution in [3.05, 3.63) is 23.3 Å². The molecule has 3 aliphatic rings. The van der Waals surface area contributed by atoms with Crippen molar-refractivity contribution in [3.8, 4) is 11.5 Å². The third-order valence-corrected chi connectivity index (χ3v) is 7.50. The summed E-state index contributed by atoms with van der Waals surface area (Å²) in [5, 5.41) is 14.9. The van der Waals surface area contributed by atoms with Crippen LogP contribution in [0.25, 0.3) is 0 Å². The van der Waals surface area contributed by atoms with Gasteiger partial charge in [0.25, 0.3) is 0 Å². The lowest BCUT2D eigenvalue weighted by Crippen LogP contribution is -2.65. The molecule has 5 atom stereocenters. The summed E-state index contributed by atoms with van der Waals surface area (Å²) in [6.45, 7) is 4.29. The molecule has 1 saturated heterocycles. The molecule has 1 aromatic rings. The first-order chi connectivity index (χ1) is 13.1. The first kappa shape index (κ1) is 19.0. The number of hydrogen-bond donors (Lipinski definition) is 2. The highest BCUT2D eigenvalue weighted by Crippen LogP contribution is 2.59. The van der Waals surface area contributed by atoms with Gasteiger partial charge in [0, 0.05) is 30.2 Å². The van der Waals surface area contributed by atoms with E-state index >= 15 is 0 Å². The van der Waals surface area contributed by atoms with E-state index in [-0.39, 0.29) is 11.5 Å². The van der Waals surface area contributed by atoms with Gasteiger partial charge in [-0.3, -0.25) is 0 Å². The zero-order valence-corrected chi connectivity index (χ0v) is 17.1. The van der Waals surface area contributed by atoms with Crippen LogP contribution in [0.2, 0.25) is 0 Å². The van der Waals surface area contributed by atoms with Gasteiger partial charge in [-0.2, -0.15) is 0 Å². The molecule has 0 aromatic heterocycles. The molecule has 1 saturated carbocycles. The van der Waals surface area contributed by atoms with Crippen LogP contribution in [0.5, 0.6) is 11.5 Å². The monoisotopic (exact) mass is 374 g/mol. The maximum atomic E-state index is 11.1. The van der Waals surface area contributed by atoms with E-state index in [1.165, 1.54) is 5.56 Å². The zero-order valence-electron chi connectivity index (χ0n) is 17.1. The Morgan fingerprint density at radius 2 is 2.15 bits per heavy atom. The van der Waals surface area contributed by atoms with E-state index in [9.17, 15) is 5.11 Å². The van der Waals surface area contributed by atoms with Crippen LogP contribution in [0.15, 0.2) is 12.1 Å². The normalized spacial score (nSPS) is 35.4. The van der Waals surface area contributed by atoms with Gasteiger partial charge in [-0.05, 0) is 69.8 Å². The third-order valence-electron chi connectivity index (χ3n) is 7.50. The molecule has 150 valence electrons.